The van der Waals surface area contributed by atoms with Crippen molar-refractivity contribution in [3.63, 3.8) is 0 Å². The summed E-state index contributed by atoms with van der Waals surface area (Å²) in [6, 6.07) is 8.31. The Hall–Kier alpha value is -3.00. The quantitative estimate of drug-likeness (QED) is 0.661. The molecule has 1 spiro atoms. The molecule has 1 atom stereocenters. The summed E-state index contributed by atoms with van der Waals surface area (Å²) in [6.45, 7) is 3.95. The number of hydrogen-bond donors (Lipinski definition) is 1. The van der Waals surface area contributed by atoms with Crippen LogP contribution in [0.1, 0.15) is 75.1 Å². The zero-order valence-electron chi connectivity index (χ0n) is 22.4. The number of nitrogens with zero attached hydrogens (tertiary/aromatic N) is 4. The molecule has 2 fully saturated rings. The van der Waals surface area contributed by atoms with E-state index in [1.807, 2.05) is 17.0 Å². The topological polar surface area (TPSA) is 87.7 Å². The van der Waals surface area contributed by atoms with Gasteiger partial charge < -0.3 is 15.0 Å². The first kappa shape index (κ1) is 26.6. The average molecular weight is 520 g/mol. The van der Waals surface area contributed by atoms with E-state index in [0.717, 1.165) is 95.3 Å². The maximum atomic E-state index is 13.4. The fourth-order valence-corrected chi connectivity index (χ4v) is 6.31. The highest BCUT2D eigenvalue weighted by molar-refractivity contribution is 5.83. The highest BCUT2D eigenvalue weighted by Gasteiger charge is 2.41. The summed E-state index contributed by atoms with van der Waals surface area (Å²) >= 11 is 0. The number of rotatable bonds is 3. The molecule has 0 radical (unpaired) electrons. The Labute approximate surface area is 226 Å². The van der Waals surface area contributed by atoms with E-state index >= 15 is 0 Å². The van der Waals surface area contributed by atoms with Gasteiger partial charge in [0.05, 0.1) is 36.5 Å². The molecule has 0 aliphatic carbocycles. The van der Waals surface area contributed by atoms with E-state index in [9.17, 15) is 9.59 Å². The van der Waals surface area contributed by atoms with Crippen LogP contribution in [-0.4, -0.2) is 70.9 Å². The molecule has 1 aromatic carbocycles. The summed E-state index contributed by atoms with van der Waals surface area (Å²) in [5.41, 5.74) is 1.79. The fourth-order valence-electron chi connectivity index (χ4n) is 6.31. The van der Waals surface area contributed by atoms with Crippen LogP contribution in [0.15, 0.2) is 42.9 Å². The summed E-state index contributed by atoms with van der Waals surface area (Å²) in [6.07, 6.45) is 14.5. The first-order valence-electron chi connectivity index (χ1n) is 14.4. The lowest BCUT2D eigenvalue weighted by Gasteiger charge is -2.42. The van der Waals surface area contributed by atoms with E-state index in [0.29, 0.717) is 19.7 Å². The second-order valence-corrected chi connectivity index (χ2v) is 11.1. The molecule has 38 heavy (non-hydrogen) atoms. The number of aryl methyl sites for hydroxylation is 1. The van der Waals surface area contributed by atoms with Crippen LogP contribution in [0.2, 0.25) is 0 Å². The standard InChI is InChI=1S/C30H41N5O3/c36-28(35-18-6-4-10-26(35)25-22-31-16-17-32-25)23-34-19-13-30(14-20-34)12-5-3-9-24-8-1-2-11-27(24)38-21-7-15-33-29(30)37/h1-2,8,11,16-17,22,26H,3-7,9-10,12-15,18-21,23H2,(H,33,37). The van der Waals surface area contributed by atoms with Crippen LogP contribution in [0.5, 0.6) is 5.75 Å². The summed E-state index contributed by atoms with van der Waals surface area (Å²) < 4.78 is 6.01. The Bertz CT molecular complexity index is 1070. The van der Waals surface area contributed by atoms with Crippen LogP contribution in [0, 0.1) is 5.41 Å². The maximum Gasteiger partial charge on any atom is 0.237 e. The van der Waals surface area contributed by atoms with Crippen molar-refractivity contribution in [2.45, 2.75) is 70.3 Å². The largest absolute Gasteiger partial charge is 0.493 e. The number of benzene rings is 1. The molecule has 0 bridgehead atoms. The molecule has 0 saturated carbocycles. The molecule has 3 aliphatic rings. The normalized spacial score (nSPS) is 23.2. The minimum Gasteiger partial charge on any atom is -0.493 e. The first-order chi connectivity index (χ1) is 18.6. The lowest BCUT2D eigenvalue weighted by molar-refractivity contribution is -0.138. The Balaban J connectivity index is 1.19. The smallest absolute Gasteiger partial charge is 0.237 e. The number of fused-ring (bicyclic) bond motifs is 1. The molecule has 8 heteroatoms. The van der Waals surface area contributed by atoms with Crippen molar-refractivity contribution < 1.29 is 14.3 Å². The van der Waals surface area contributed by atoms with E-state index in [4.69, 9.17) is 4.74 Å². The van der Waals surface area contributed by atoms with Gasteiger partial charge in [0.2, 0.25) is 11.8 Å². The second kappa shape index (κ2) is 12.7. The molecule has 2 amide bonds. The number of carbonyl (C=O) groups is 2. The number of likely N-dealkylation sites (tertiary alicyclic amines) is 2. The molecule has 5 rings (SSSR count). The number of amides is 2. The van der Waals surface area contributed by atoms with Crippen LogP contribution in [0.25, 0.3) is 0 Å². The van der Waals surface area contributed by atoms with Crippen molar-refractivity contribution in [3.8, 4) is 5.75 Å². The van der Waals surface area contributed by atoms with Crippen molar-refractivity contribution in [2.24, 2.45) is 5.41 Å². The van der Waals surface area contributed by atoms with E-state index in [2.05, 4.69) is 32.3 Å². The van der Waals surface area contributed by atoms with Crippen molar-refractivity contribution in [1.29, 1.82) is 0 Å². The van der Waals surface area contributed by atoms with Gasteiger partial charge in [-0.25, -0.2) is 0 Å². The van der Waals surface area contributed by atoms with E-state index in [-0.39, 0.29) is 23.3 Å². The van der Waals surface area contributed by atoms with Crippen LogP contribution < -0.4 is 10.1 Å². The molecule has 2 saturated heterocycles. The highest BCUT2D eigenvalue weighted by Crippen LogP contribution is 2.38. The van der Waals surface area contributed by atoms with Gasteiger partial charge in [0, 0.05) is 25.5 Å². The number of ether oxygens (including phenoxy) is 1. The van der Waals surface area contributed by atoms with Gasteiger partial charge in [-0.3, -0.25) is 24.5 Å². The minimum atomic E-state index is -0.346. The van der Waals surface area contributed by atoms with Gasteiger partial charge in [0.1, 0.15) is 5.75 Å². The Kier molecular flexibility index (Phi) is 8.89. The third-order valence-electron chi connectivity index (χ3n) is 8.59. The third kappa shape index (κ3) is 6.34. The van der Waals surface area contributed by atoms with Crippen molar-refractivity contribution in [1.82, 2.24) is 25.1 Å². The summed E-state index contributed by atoms with van der Waals surface area (Å²) in [7, 11) is 0. The maximum absolute atomic E-state index is 13.4. The number of aromatic nitrogens is 2. The minimum absolute atomic E-state index is 0.0105. The number of para-hydroxylation sites is 1. The van der Waals surface area contributed by atoms with Gasteiger partial charge in [-0.15, -0.1) is 0 Å². The summed E-state index contributed by atoms with van der Waals surface area (Å²) in [5.74, 6) is 1.31. The van der Waals surface area contributed by atoms with E-state index in [1.165, 1.54) is 5.56 Å². The van der Waals surface area contributed by atoms with Gasteiger partial charge in [-0.05, 0) is 82.5 Å². The predicted octanol–water partition coefficient (Wildman–Crippen LogP) is 3.92. The number of piperidine rings is 2. The Morgan fingerprint density at radius 2 is 1.89 bits per heavy atom. The van der Waals surface area contributed by atoms with E-state index in [1.54, 1.807) is 18.6 Å². The van der Waals surface area contributed by atoms with Gasteiger partial charge in [-0.2, -0.15) is 0 Å². The Morgan fingerprint density at radius 3 is 2.74 bits per heavy atom. The zero-order valence-corrected chi connectivity index (χ0v) is 22.4. The molecule has 1 unspecified atom stereocenters. The summed E-state index contributed by atoms with van der Waals surface area (Å²) in [5, 5.41) is 3.21. The molecular formula is C30H41N5O3. The average Bonchev–Trinajstić information content (AvgIpc) is 2.98. The lowest BCUT2D eigenvalue weighted by Crippen LogP contribution is -2.51. The molecular weight excluding hydrogens is 478 g/mol. The van der Waals surface area contributed by atoms with Crippen molar-refractivity contribution >= 4 is 11.8 Å². The zero-order chi connectivity index (χ0) is 26.2. The number of carbonyl (C=O) groups excluding carboxylic acids is 2. The Morgan fingerprint density at radius 1 is 1.03 bits per heavy atom. The molecule has 1 aromatic heterocycles. The van der Waals surface area contributed by atoms with Crippen molar-refractivity contribution in [2.75, 3.05) is 39.3 Å². The summed E-state index contributed by atoms with van der Waals surface area (Å²) in [4.78, 5) is 39.8. The first-order valence-corrected chi connectivity index (χ1v) is 14.4. The van der Waals surface area contributed by atoms with E-state index < -0.39 is 0 Å². The SMILES string of the molecule is O=C(CN1CCC2(CCCCc3ccccc3OCCCNC2=O)CC1)N1CCCCC1c1cnccn1. The third-order valence-corrected chi connectivity index (χ3v) is 8.59. The van der Waals surface area contributed by atoms with Gasteiger partial charge in [-0.1, -0.05) is 24.6 Å². The second-order valence-electron chi connectivity index (χ2n) is 11.1. The van der Waals surface area contributed by atoms with Crippen LogP contribution in [0.4, 0.5) is 0 Å². The van der Waals surface area contributed by atoms with Gasteiger partial charge in [0.15, 0.2) is 0 Å². The highest BCUT2D eigenvalue weighted by atomic mass is 16.5. The van der Waals surface area contributed by atoms with Gasteiger partial charge >= 0.3 is 0 Å². The molecule has 1 N–H and O–H groups in total. The molecule has 4 heterocycles. The van der Waals surface area contributed by atoms with Crippen LogP contribution in [0.3, 0.4) is 0 Å². The molecule has 8 nitrogen and oxygen atoms in total. The van der Waals surface area contributed by atoms with Crippen LogP contribution in [-0.2, 0) is 16.0 Å². The molecule has 3 aliphatic heterocycles. The molecule has 2 aromatic rings. The predicted molar refractivity (Wildman–Crippen MR) is 146 cm³/mol. The number of hydrogen-bond acceptors (Lipinski definition) is 6. The van der Waals surface area contributed by atoms with Gasteiger partial charge in [0.25, 0.3) is 0 Å². The lowest BCUT2D eigenvalue weighted by atomic mass is 9.73. The van der Waals surface area contributed by atoms with Crippen molar-refractivity contribution in [3.05, 3.63) is 54.1 Å². The monoisotopic (exact) mass is 519 g/mol. The fraction of sp³-hybridized carbons (Fsp3) is 0.600. The number of nitrogens with one attached hydrogen (secondary N) is 1. The van der Waals surface area contributed by atoms with Crippen LogP contribution >= 0.6 is 0 Å². The molecule has 204 valence electrons.